The summed E-state index contributed by atoms with van der Waals surface area (Å²) in [5.74, 6) is 0.916. The molecule has 0 spiro atoms. The molecule has 1 heterocycles. The zero-order chi connectivity index (χ0) is 15.7. The van der Waals surface area contributed by atoms with Gasteiger partial charge in [-0.25, -0.2) is 0 Å². The molecule has 2 aromatic carbocycles. The largest absolute Gasteiger partial charge is 0.496 e. The Bertz CT molecular complexity index is 736. The predicted molar refractivity (Wildman–Crippen MR) is 93.4 cm³/mol. The Hall–Kier alpha value is -2.16. The molecule has 3 heteroatoms. The molecule has 0 fully saturated rings. The van der Waals surface area contributed by atoms with Crippen molar-refractivity contribution in [1.29, 1.82) is 0 Å². The van der Waals surface area contributed by atoms with Gasteiger partial charge in [-0.3, -0.25) is 0 Å². The van der Waals surface area contributed by atoms with Crippen molar-refractivity contribution >= 4 is 16.5 Å². The number of nitrogens with one attached hydrogen (secondary N) is 1. The highest BCUT2D eigenvalue weighted by Gasteiger charge is 2.27. The molecule has 0 aromatic heterocycles. The Morgan fingerprint density at radius 3 is 2.82 bits per heavy atom. The molecule has 3 N–H and O–H groups in total. The first kappa shape index (κ1) is 14.8. The van der Waals surface area contributed by atoms with Crippen LogP contribution in [0.25, 0.3) is 10.8 Å². The van der Waals surface area contributed by atoms with Crippen molar-refractivity contribution < 1.29 is 4.74 Å². The third-order valence-electron chi connectivity index (χ3n) is 4.79. The maximum atomic E-state index is 5.89. The summed E-state index contributed by atoms with van der Waals surface area (Å²) >= 11 is 0. The molecular weight excluding hydrogens is 272 g/mol. The van der Waals surface area contributed by atoms with Crippen LogP contribution in [-0.4, -0.2) is 12.6 Å². The van der Waals surface area contributed by atoms with Crippen LogP contribution in [0, 0.1) is 0 Å². The van der Waals surface area contributed by atoms with Crippen molar-refractivity contribution in [3.63, 3.8) is 0 Å². The van der Waals surface area contributed by atoms with Crippen molar-refractivity contribution in [3.8, 4) is 5.75 Å². The zero-order valence-electron chi connectivity index (χ0n) is 13.6. The summed E-state index contributed by atoms with van der Waals surface area (Å²) in [5, 5.41) is 6.16. The minimum Gasteiger partial charge on any atom is -0.496 e. The van der Waals surface area contributed by atoms with E-state index in [0.29, 0.717) is 0 Å². The van der Waals surface area contributed by atoms with Crippen LogP contribution in [0.5, 0.6) is 5.75 Å². The maximum absolute atomic E-state index is 5.89. The molecule has 1 aliphatic heterocycles. The lowest BCUT2D eigenvalue weighted by molar-refractivity contribution is 0.419. The van der Waals surface area contributed by atoms with E-state index in [1.165, 1.54) is 22.2 Å². The topological polar surface area (TPSA) is 47.3 Å². The second-order valence-corrected chi connectivity index (χ2v) is 6.37. The van der Waals surface area contributed by atoms with Gasteiger partial charge in [0.05, 0.1) is 7.11 Å². The fraction of sp³-hybridized carbons (Fsp3) is 0.368. The molecule has 0 saturated carbocycles. The minimum absolute atomic E-state index is 0.0141. The van der Waals surface area contributed by atoms with E-state index in [0.717, 1.165) is 30.4 Å². The molecule has 1 atom stereocenters. The Kier molecular flexibility index (Phi) is 3.73. The Morgan fingerprint density at radius 1 is 1.32 bits per heavy atom. The first-order valence-electron chi connectivity index (χ1n) is 7.86. The zero-order valence-corrected chi connectivity index (χ0v) is 13.6. The maximum Gasteiger partial charge on any atom is 0.126 e. The fourth-order valence-electron chi connectivity index (χ4n) is 3.39. The summed E-state index contributed by atoms with van der Waals surface area (Å²) in [7, 11) is 1.72. The second-order valence-electron chi connectivity index (χ2n) is 6.37. The van der Waals surface area contributed by atoms with E-state index in [9.17, 15) is 0 Å². The summed E-state index contributed by atoms with van der Waals surface area (Å²) in [6, 6.07) is 10.6. The van der Waals surface area contributed by atoms with Crippen molar-refractivity contribution in [2.45, 2.75) is 38.6 Å². The SMILES string of the molecule is CCC1(C)C/C(=C\N)Cc2cccc3c(OC)ccc(c23)N1. The van der Waals surface area contributed by atoms with E-state index in [1.807, 2.05) is 6.07 Å². The van der Waals surface area contributed by atoms with Crippen LogP contribution in [0.15, 0.2) is 42.1 Å². The third kappa shape index (κ3) is 2.41. The van der Waals surface area contributed by atoms with Gasteiger partial charge in [0.15, 0.2) is 0 Å². The molecule has 0 aliphatic carbocycles. The highest BCUT2D eigenvalue weighted by Crippen LogP contribution is 2.39. The molecule has 2 aromatic rings. The van der Waals surface area contributed by atoms with E-state index in [-0.39, 0.29) is 5.54 Å². The Morgan fingerprint density at radius 2 is 2.14 bits per heavy atom. The Balaban J connectivity index is 2.29. The molecule has 0 saturated heterocycles. The van der Waals surface area contributed by atoms with E-state index in [2.05, 4.69) is 43.4 Å². The molecule has 1 unspecified atom stereocenters. The molecule has 3 rings (SSSR count). The lowest BCUT2D eigenvalue weighted by Crippen LogP contribution is -2.35. The van der Waals surface area contributed by atoms with Gasteiger partial charge in [0, 0.05) is 22.0 Å². The number of benzene rings is 2. The summed E-state index contributed by atoms with van der Waals surface area (Å²) in [6.45, 7) is 4.48. The standard InChI is InChI=1S/C19H24N2O/c1-4-19(2)11-13(12-20)10-14-6-5-7-15-17(22-3)9-8-16(21-19)18(14)15/h5-9,12,21H,4,10-11,20H2,1-3H3/b13-12-. The van der Waals surface area contributed by atoms with E-state index >= 15 is 0 Å². The van der Waals surface area contributed by atoms with Gasteiger partial charge in [0.2, 0.25) is 0 Å². The van der Waals surface area contributed by atoms with E-state index in [4.69, 9.17) is 10.5 Å². The van der Waals surface area contributed by atoms with Crippen molar-refractivity contribution in [2.24, 2.45) is 5.73 Å². The predicted octanol–water partition coefficient (Wildman–Crippen LogP) is 4.22. The summed E-state index contributed by atoms with van der Waals surface area (Å²) in [5.41, 5.74) is 9.67. The third-order valence-corrected chi connectivity index (χ3v) is 4.79. The number of anilines is 1. The van der Waals surface area contributed by atoms with E-state index in [1.54, 1.807) is 13.3 Å². The summed E-state index contributed by atoms with van der Waals surface area (Å²) < 4.78 is 5.54. The van der Waals surface area contributed by atoms with Crippen LogP contribution >= 0.6 is 0 Å². The molecule has 0 amide bonds. The van der Waals surface area contributed by atoms with Crippen LogP contribution < -0.4 is 15.8 Å². The first-order valence-corrected chi connectivity index (χ1v) is 7.86. The number of hydrogen-bond acceptors (Lipinski definition) is 3. The summed E-state index contributed by atoms with van der Waals surface area (Å²) in [4.78, 5) is 0. The van der Waals surface area contributed by atoms with Gasteiger partial charge in [-0.05, 0) is 55.7 Å². The normalized spacial score (nSPS) is 23.0. The number of hydrogen-bond donors (Lipinski definition) is 2. The van der Waals surface area contributed by atoms with Crippen LogP contribution in [0.1, 0.15) is 32.3 Å². The molecule has 116 valence electrons. The van der Waals surface area contributed by atoms with Crippen molar-refractivity contribution in [3.05, 3.63) is 47.7 Å². The van der Waals surface area contributed by atoms with Gasteiger partial charge in [-0.1, -0.05) is 25.1 Å². The Labute approximate surface area is 132 Å². The van der Waals surface area contributed by atoms with Gasteiger partial charge in [0.25, 0.3) is 0 Å². The monoisotopic (exact) mass is 296 g/mol. The summed E-state index contributed by atoms with van der Waals surface area (Å²) in [6.07, 6.45) is 4.67. The molecule has 0 radical (unpaired) electrons. The minimum atomic E-state index is 0.0141. The smallest absolute Gasteiger partial charge is 0.126 e. The van der Waals surface area contributed by atoms with Gasteiger partial charge in [-0.2, -0.15) is 0 Å². The van der Waals surface area contributed by atoms with Crippen molar-refractivity contribution in [2.75, 3.05) is 12.4 Å². The molecule has 0 bridgehead atoms. The number of nitrogens with two attached hydrogens (primary N) is 1. The lowest BCUT2D eigenvalue weighted by Gasteiger charge is -2.35. The van der Waals surface area contributed by atoms with Gasteiger partial charge in [0.1, 0.15) is 5.75 Å². The van der Waals surface area contributed by atoms with E-state index < -0.39 is 0 Å². The average molecular weight is 296 g/mol. The molecule has 3 nitrogen and oxygen atoms in total. The molecule has 22 heavy (non-hydrogen) atoms. The highest BCUT2D eigenvalue weighted by atomic mass is 16.5. The number of ether oxygens (including phenoxy) is 1. The van der Waals surface area contributed by atoms with Gasteiger partial charge >= 0.3 is 0 Å². The van der Waals surface area contributed by atoms with Gasteiger partial charge < -0.3 is 15.8 Å². The number of rotatable bonds is 2. The second kappa shape index (κ2) is 5.56. The number of methoxy groups -OCH3 is 1. The van der Waals surface area contributed by atoms with Crippen LogP contribution in [0.3, 0.4) is 0 Å². The van der Waals surface area contributed by atoms with Crippen LogP contribution in [-0.2, 0) is 6.42 Å². The van der Waals surface area contributed by atoms with Crippen LogP contribution in [0.4, 0.5) is 5.69 Å². The highest BCUT2D eigenvalue weighted by molar-refractivity contribution is 6.01. The fourth-order valence-corrected chi connectivity index (χ4v) is 3.39. The molecule has 1 aliphatic rings. The van der Waals surface area contributed by atoms with Crippen molar-refractivity contribution in [1.82, 2.24) is 0 Å². The van der Waals surface area contributed by atoms with Gasteiger partial charge in [-0.15, -0.1) is 0 Å². The molecular formula is C19H24N2O. The average Bonchev–Trinajstić information content (AvgIpc) is 2.53. The van der Waals surface area contributed by atoms with Crippen LogP contribution in [0.2, 0.25) is 0 Å². The first-order chi connectivity index (χ1) is 10.6. The quantitative estimate of drug-likeness (QED) is 0.872. The lowest BCUT2D eigenvalue weighted by atomic mass is 9.84.